The number of rotatable bonds is 11. The van der Waals surface area contributed by atoms with Gasteiger partial charge in [-0.3, -0.25) is 4.79 Å². The summed E-state index contributed by atoms with van der Waals surface area (Å²) in [6.45, 7) is 7.84. The quantitative estimate of drug-likeness (QED) is 0.233. The third kappa shape index (κ3) is 6.34. The number of para-hydroxylation sites is 1. The summed E-state index contributed by atoms with van der Waals surface area (Å²) in [6, 6.07) is 18.2. The molecule has 0 bridgehead atoms. The maximum atomic E-state index is 12.7. The lowest BCUT2D eigenvalue weighted by Gasteiger charge is -2.16. The Bertz CT molecular complexity index is 1270. The summed E-state index contributed by atoms with van der Waals surface area (Å²) in [4.78, 5) is 17.3. The number of aromatic nitrogens is 1. The Morgan fingerprint density at radius 3 is 2.71 bits per heavy atom. The molecule has 1 amide bonds. The molecule has 0 fully saturated rings. The number of fused-ring (bicyclic) bond motifs is 1. The smallest absolute Gasteiger partial charge is 0.244 e. The number of nitrogens with one attached hydrogen (secondary N) is 2. The number of H-pyrrole nitrogens is 1. The van der Waals surface area contributed by atoms with Gasteiger partial charge in [0.2, 0.25) is 5.91 Å². The first-order valence-electron chi connectivity index (χ1n) is 12.0. The van der Waals surface area contributed by atoms with Gasteiger partial charge in [0, 0.05) is 40.5 Å². The van der Waals surface area contributed by atoms with Crippen molar-refractivity contribution >= 4 is 34.2 Å². The van der Waals surface area contributed by atoms with Crippen molar-refractivity contribution in [3.63, 3.8) is 0 Å². The largest absolute Gasteiger partial charge is 0.490 e. The molecule has 6 heteroatoms. The number of amides is 1. The minimum atomic E-state index is -0.135. The van der Waals surface area contributed by atoms with Gasteiger partial charge in [-0.05, 0) is 59.7 Å². The van der Waals surface area contributed by atoms with Gasteiger partial charge < -0.3 is 19.8 Å². The maximum Gasteiger partial charge on any atom is 0.244 e. The van der Waals surface area contributed by atoms with Crippen LogP contribution in [-0.2, 0) is 4.79 Å². The number of benzene rings is 2. The second-order valence-corrected chi connectivity index (χ2v) is 9.76. The molecule has 35 heavy (non-hydrogen) atoms. The molecule has 0 saturated carbocycles. The maximum absolute atomic E-state index is 12.7. The molecule has 4 aromatic rings. The minimum absolute atomic E-state index is 0.0745. The van der Waals surface area contributed by atoms with E-state index in [0.29, 0.717) is 31.4 Å². The third-order valence-corrected chi connectivity index (χ3v) is 6.62. The van der Waals surface area contributed by atoms with Crippen molar-refractivity contribution in [3.05, 3.63) is 88.3 Å². The van der Waals surface area contributed by atoms with Crippen molar-refractivity contribution < 1.29 is 14.3 Å². The van der Waals surface area contributed by atoms with E-state index >= 15 is 0 Å². The van der Waals surface area contributed by atoms with Gasteiger partial charge in [0.1, 0.15) is 0 Å². The van der Waals surface area contributed by atoms with Crippen LogP contribution in [0.25, 0.3) is 17.0 Å². The van der Waals surface area contributed by atoms with Crippen molar-refractivity contribution in [2.45, 2.75) is 26.7 Å². The SMILES string of the molecule is CCOc1cc(/C=C/C(=O)NCC(c2cccs2)c2c[nH]c3ccccc23)ccc1OCC(C)C. The molecule has 0 radical (unpaired) electrons. The van der Waals surface area contributed by atoms with Gasteiger partial charge in [0.25, 0.3) is 0 Å². The summed E-state index contributed by atoms with van der Waals surface area (Å²) in [5.74, 6) is 1.78. The Hall–Kier alpha value is -3.51. The van der Waals surface area contributed by atoms with Crippen LogP contribution in [0.2, 0.25) is 0 Å². The second-order valence-electron chi connectivity index (χ2n) is 8.78. The van der Waals surface area contributed by atoms with Gasteiger partial charge in [-0.15, -0.1) is 11.3 Å². The van der Waals surface area contributed by atoms with E-state index in [4.69, 9.17) is 9.47 Å². The predicted molar refractivity (Wildman–Crippen MR) is 144 cm³/mol. The molecule has 2 heterocycles. The Morgan fingerprint density at radius 1 is 1.09 bits per heavy atom. The summed E-state index contributed by atoms with van der Waals surface area (Å²) in [6.07, 6.45) is 5.42. The number of carbonyl (C=O) groups excluding carboxylic acids is 1. The summed E-state index contributed by atoms with van der Waals surface area (Å²) >= 11 is 1.70. The van der Waals surface area contributed by atoms with Crippen molar-refractivity contribution in [3.8, 4) is 11.5 Å². The van der Waals surface area contributed by atoms with Crippen LogP contribution in [0.5, 0.6) is 11.5 Å². The standard InChI is InChI=1S/C29H32N2O3S/c1-4-33-27-16-21(11-13-26(27)34-19-20(2)3)12-14-29(32)31-18-24(28-10-7-15-35-28)23-17-30-25-9-6-5-8-22(23)25/h5-17,20,24,30H,4,18-19H2,1-3H3,(H,31,32)/b14-12+. The highest BCUT2D eigenvalue weighted by atomic mass is 32.1. The molecule has 0 saturated heterocycles. The molecule has 1 unspecified atom stereocenters. The van der Waals surface area contributed by atoms with E-state index in [1.54, 1.807) is 23.5 Å². The highest BCUT2D eigenvalue weighted by Gasteiger charge is 2.19. The summed E-state index contributed by atoms with van der Waals surface area (Å²) < 4.78 is 11.6. The van der Waals surface area contributed by atoms with E-state index in [-0.39, 0.29) is 11.8 Å². The van der Waals surface area contributed by atoms with Crippen LogP contribution in [0.4, 0.5) is 0 Å². The van der Waals surface area contributed by atoms with Crippen LogP contribution in [-0.4, -0.2) is 30.6 Å². The Balaban J connectivity index is 1.45. The lowest BCUT2D eigenvalue weighted by Crippen LogP contribution is -2.26. The Kier molecular flexibility index (Phi) is 8.27. The van der Waals surface area contributed by atoms with Crippen molar-refractivity contribution in [2.75, 3.05) is 19.8 Å². The molecule has 1 atom stereocenters. The molecule has 0 aliphatic rings. The fraction of sp³-hybridized carbons (Fsp3) is 0.276. The topological polar surface area (TPSA) is 63.3 Å². The number of hydrogen-bond donors (Lipinski definition) is 2. The van der Waals surface area contributed by atoms with Crippen LogP contribution < -0.4 is 14.8 Å². The Labute approximate surface area is 210 Å². The molecule has 5 nitrogen and oxygen atoms in total. The van der Waals surface area contributed by atoms with E-state index in [0.717, 1.165) is 16.8 Å². The van der Waals surface area contributed by atoms with Gasteiger partial charge >= 0.3 is 0 Å². The Morgan fingerprint density at radius 2 is 1.94 bits per heavy atom. The molecular weight excluding hydrogens is 456 g/mol. The van der Waals surface area contributed by atoms with Crippen molar-refractivity contribution in [1.29, 1.82) is 0 Å². The molecule has 0 spiro atoms. The molecule has 4 rings (SSSR count). The normalized spacial score (nSPS) is 12.3. The third-order valence-electron chi connectivity index (χ3n) is 5.63. The van der Waals surface area contributed by atoms with Crippen LogP contribution in [0.1, 0.15) is 42.7 Å². The van der Waals surface area contributed by atoms with Gasteiger partial charge in [-0.1, -0.05) is 44.2 Å². The first-order chi connectivity index (χ1) is 17.0. The number of hydrogen-bond acceptors (Lipinski definition) is 4. The van der Waals surface area contributed by atoms with Crippen molar-refractivity contribution in [1.82, 2.24) is 10.3 Å². The fourth-order valence-corrected chi connectivity index (χ4v) is 4.79. The number of ether oxygens (including phenoxy) is 2. The zero-order valence-electron chi connectivity index (χ0n) is 20.4. The van der Waals surface area contributed by atoms with Gasteiger partial charge in [-0.25, -0.2) is 0 Å². The molecular formula is C29H32N2O3S. The zero-order valence-corrected chi connectivity index (χ0v) is 21.2. The van der Waals surface area contributed by atoms with E-state index in [9.17, 15) is 4.79 Å². The number of thiophene rings is 1. The average Bonchev–Trinajstić information content (AvgIpc) is 3.53. The van der Waals surface area contributed by atoms with E-state index in [1.165, 1.54) is 15.8 Å². The second kappa shape index (κ2) is 11.8. The first-order valence-corrected chi connectivity index (χ1v) is 12.9. The molecule has 2 aromatic heterocycles. The fourth-order valence-electron chi connectivity index (χ4n) is 3.94. The number of carbonyl (C=O) groups is 1. The number of aromatic amines is 1. The van der Waals surface area contributed by atoms with Crippen molar-refractivity contribution in [2.24, 2.45) is 5.92 Å². The predicted octanol–water partition coefficient (Wildman–Crippen LogP) is 6.62. The van der Waals surface area contributed by atoms with Crippen LogP contribution in [0, 0.1) is 5.92 Å². The summed E-state index contributed by atoms with van der Waals surface area (Å²) in [5, 5.41) is 6.34. The van der Waals surface area contributed by atoms with E-state index in [2.05, 4.69) is 53.9 Å². The molecule has 182 valence electrons. The average molecular weight is 489 g/mol. The van der Waals surface area contributed by atoms with E-state index < -0.39 is 0 Å². The molecule has 0 aliphatic carbocycles. The lowest BCUT2D eigenvalue weighted by molar-refractivity contribution is -0.116. The molecule has 0 aliphatic heterocycles. The summed E-state index contributed by atoms with van der Waals surface area (Å²) in [7, 11) is 0. The summed E-state index contributed by atoms with van der Waals surface area (Å²) in [5.41, 5.74) is 3.17. The van der Waals surface area contributed by atoms with Gasteiger partial charge in [0.05, 0.1) is 13.2 Å². The highest BCUT2D eigenvalue weighted by molar-refractivity contribution is 7.10. The first kappa shape index (κ1) is 24.6. The molecule has 2 aromatic carbocycles. The van der Waals surface area contributed by atoms with E-state index in [1.807, 2.05) is 43.3 Å². The monoisotopic (exact) mass is 488 g/mol. The highest BCUT2D eigenvalue weighted by Crippen LogP contribution is 2.33. The lowest BCUT2D eigenvalue weighted by atomic mass is 9.96. The van der Waals surface area contributed by atoms with Crippen LogP contribution >= 0.6 is 11.3 Å². The van der Waals surface area contributed by atoms with Gasteiger partial charge in [-0.2, -0.15) is 0 Å². The molecule has 2 N–H and O–H groups in total. The minimum Gasteiger partial charge on any atom is -0.490 e. The van der Waals surface area contributed by atoms with Gasteiger partial charge in [0.15, 0.2) is 11.5 Å². The van der Waals surface area contributed by atoms with Crippen LogP contribution in [0.3, 0.4) is 0 Å². The van der Waals surface area contributed by atoms with Crippen LogP contribution in [0.15, 0.2) is 72.3 Å². The zero-order chi connectivity index (χ0) is 24.6.